The van der Waals surface area contributed by atoms with Crippen LogP contribution in [-0.2, 0) is 16.6 Å². The molecule has 1 aromatic carbocycles. The Labute approximate surface area is 91.1 Å². The van der Waals surface area contributed by atoms with Crippen molar-refractivity contribution in [3.63, 3.8) is 0 Å². The lowest BCUT2D eigenvalue weighted by molar-refractivity contribution is 0.379. The Morgan fingerprint density at radius 3 is 2.44 bits per heavy atom. The van der Waals surface area contributed by atoms with Crippen molar-refractivity contribution in [1.82, 2.24) is 0 Å². The van der Waals surface area contributed by atoms with Crippen LogP contribution >= 0.6 is 0 Å². The first-order valence-corrected chi connectivity index (χ1v) is 5.83. The first-order chi connectivity index (χ1) is 7.33. The Balaban J connectivity index is 3.03. The van der Waals surface area contributed by atoms with Crippen molar-refractivity contribution in [3.8, 4) is 5.75 Å². The van der Waals surface area contributed by atoms with Crippen LogP contribution in [0.15, 0.2) is 12.1 Å². The maximum absolute atomic E-state index is 13.1. The van der Waals surface area contributed by atoms with E-state index in [0.717, 1.165) is 13.2 Å². The number of hydrogen-bond acceptors (Lipinski definition) is 3. The van der Waals surface area contributed by atoms with E-state index >= 15 is 0 Å². The van der Waals surface area contributed by atoms with E-state index in [0.29, 0.717) is 6.07 Å². The van der Waals surface area contributed by atoms with Gasteiger partial charge in [0.2, 0.25) is 0 Å². The molecule has 0 radical (unpaired) electrons. The first-order valence-electron chi connectivity index (χ1n) is 4.27. The van der Waals surface area contributed by atoms with Crippen LogP contribution in [0.1, 0.15) is 5.56 Å². The molecule has 0 aliphatic heterocycles. The number of rotatable bonds is 4. The number of aryl methyl sites for hydroxylation is 1. The van der Waals surface area contributed by atoms with Crippen molar-refractivity contribution < 1.29 is 25.8 Å². The van der Waals surface area contributed by atoms with Crippen molar-refractivity contribution in [1.29, 1.82) is 0 Å². The number of halogens is 3. The molecule has 7 heteroatoms. The first kappa shape index (κ1) is 12.8. The summed E-state index contributed by atoms with van der Waals surface area (Å²) in [7, 11) is -3.52. The van der Waals surface area contributed by atoms with Crippen molar-refractivity contribution in [2.75, 3.05) is 12.9 Å². The molecule has 0 N–H and O–H groups in total. The monoisotopic (exact) mass is 254 g/mol. The maximum atomic E-state index is 13.1. The van der Waals surface area contributed by atoms with Crippen LogP contribution in [-0.4, -0.2) is 21.3 Å². The van der Waals surface area contributed by atoms with Crippen LogP contribution in [0.5, 0.6) is 5.75 Å². The third-order valence-corrected chi connectivity index (χ3v) is 2.60. The van der Waals surface area contributed by atoms with Crippen molar-refractivity contribution in [2.45, 2.75) is 6.42 Å². The molecule has 0 saturated heterocycles. The topological polar surface area (TPSA) is 43.4 Å². The van der Waals surface area contributed by atoms with Crippen LogP contribution in [0.25, 0.3) is 0 Å². The largest absolute Gasteiger partial charge is 0.493 e. The minimum Gasteiger partial charge on any atom is -0.493 e. The summed E-state index contributed by atoms with van der Waals surface area (Å²) in [5, 5.41) is 0. The van der Waals surface area contributed by atoms with Crippen LogP contribution in [0.3, 0.4) is 0 Å². The molecule has 0 aliphatic carbocycles. The van der Waals surface area contributed by atoms with Gasteiger partial charge in [0, 0.05) is 11.6 Å². The summed E-state index contributed by atoms with van der Waals surface area (Å²) in [6, 6.07) is 1.51. The van der Waals surface area contributed by atoms with E-state index in [-0.39, 0.29) is 17.7 Å². The molecule has 16 heavy (non-hydrogen) atoms. The number of ether oxygens (including phenoxy) is 1. The zero-order valence-corrected chi connectivity index (χ0v) is 9.15. The van der Waals surface area contributed by atoms with Gasteiger partial charge >= 0.3 is 10.2 Å². The lowest BCUT2D eigenvalue weighted by Crippen LogP contribution is -2.05. The van der Waals surface area contributed by atoms with Crippen molar-refractivity contribution >= 4 is 10.2 Å². The summed E-state index contributed by atoms with van der Waals surface area (Å²) < 4.78 is 63.4. The fourth-order valence-electron chi connectivity index (χ4n) is 1.26. The Morgan fingerprint density at radius 2 is 1.94 bits per heavy atom. The maximum Gasteiger partial charge on any atom is 0.302 e. The van der Waals surface area contributed by atoms with E-state index in [2.05, 4.69) is 4.74 Å². The minimum absolute atomic E-state index is 0.0266. The molecular formula is C9H9F3O3S. The third kappa shape index (κ3) is 3.41. The summed E-state index contributed by atoms with van der Waals surface area (Å²) in [6.45, 7) is 0. The molecule has 0 aromatic heterocycles. The molecule has 0 bridgehead atoms. The molecule has 1 aromatic rings. The third-order valence-electron chi connectivity index (χ3n) is 1.90. The summed E-state index contributed by atoms with van der Waals surface area (Å²) in [5.41, 5.74) is -0.0266. The molecule has 0 saturated carbocycles. The Bertz CT molecular complexity index is 485. The summed E-state index contributed by atoms with van der Waals surface area (Å²) in [6.07, 6.45) is -0.351. The van der Waals surface area contributed by atoms with E-state index in [1.807, 2.05) is 0 Å². The van der Waals surface area contributed by atoms with Crippen molar-refractivity contribution in [2.24, 2.45) is 0 Å². The van der Waals surface area contributed by atoms with E-state index in [4.69, 9.17) is 0 Å². The van der Waals surface area contributed by atoms with Gasteiger partial charge in [-0.05, 0) is 12.5 Å². The number of hydrogen-bond donors (Lipinski definition) is 0. The van der Waals surface area contributed by atoms with Gasteiger partial charge in [-0.3, -0.25) is 0 Å². The minimum atomic E-state index is -4.67. The molecule has 0 aliphatic rings. The molecule has 0 amide bonds. The fourth-order valence-corrected chi connectivity index (χ4v) is 1.72. The highest BCUT2D eigenvalue weighted by atomic mass is 32.3. The summed E-state index contributed by atoms with van der Waals surface area (Å²) in [4.78, 5) is 0. The second-order valence-corrected chi connectivity index (χ2v) is 4.56. The molecule has 1 rings (SSSR count). The van der Waals surface area contributed by atoms with Gasteiger partial charge in [-0.15, -0.1) is 3.89 Å². The van der Waals surface area contributed by atoms with Crippen LogP contribution in [0, 0.1) is 11.6 Å². The van der Waals surface area contributed by atoms with Gasteiger partial charge in [0.05, 0.1) is 12.9 Å². The normalized spacial score (nSPS) is 11.5. The molecule has 90 valence electrons. The fraction of sp³-hybridized carbons (Fsp3) is 0.333. The number of methoxy groups -OCH3 is 1. The summed E-state index contributed by atoms with van der Waals surface area (Å²) in [5.74, 6) is -2.94. The molecule has 0 spiro atoms. The zero-order chi connectivity index (χ0) is 12.3. The van der Waals surface area contributed by atoms with Crippen LogP contribution in [0.4, 0.5) is 12.7 Å². The van der Waals surface area contributed by atoms with Gasteiger partial charge in [0.1, 0.15) is 5.82 Å². The van der Waals surface area contributed by atoms with E-state index in [9.17, 15) is 21.1 Å². The van der Waals surface area contributed by atoms with E-state index in [1.54, 1.807) is 0 Å². The standard InChI is InChI=1S/C9H9F3O3S/c1-15-9-6(2-3-16(12,13)14)4-7(10)5-8(9)11/h4-5H,2-3H2,1H3. The van der Waals surface area contributed by atoms with Crippen LogP contribution < -0.4 is 4.74 Å². The average Bonchev–Trinajstić information content (AvgIpc) is 2.12. The average molecular weight is 254 g/mol. The zero-order valence-electron chi connectivity index (χ0n) is 8.34. The Kier molecular flexibility index (Phi) is 3.79. The van der Waals surface area contributed by atoms with Gasteiger partial charge in [-0.2, -0.15) is 8.42 Å². The lowest BCUT2D eigenvalue weighted by Gasteiger charge is -2.08. The Morgan fingerprint density at radius 1 is 1.31 bits per heavy atom. The molecule has 0 fully saturated rings. The van der Waals surface area contributed by atoms with Gasteiger partial charge in [-0.1, -0.05) is 0 Å². The molecular weight excluding hydrogens is 245 g/mol. The second-order valence-electron chi connectivity index (χ2n) is 3.07. The molecule has 0 heterocycles. The van der Waals surface area contributed by atoms with Gasteiger partial charge in [0.25, 0.3) is 0 Å². The SMILES string of the molecule is COc1c(F)cc(F)cc1CCS(=O)(=O)F. The van der Waals surface area contributed by atoms with E-state index in [1.165, 1.54) is 0 Å². The van der Waals surface area contributed by atoms with Gasteiger partial charge in [-0.25, -0.2) is 8.78 Å². The highest BCUT2D eigenvalue weighted by molar-refractivity contribution is 7.86. The van der Waals surface area contributed by atoms with Gasteiger partial charge in [0.15, 0.2) is 11.6 Å². The van der Waals surface area contributed by atoms with Crippen LogP contribution in [0.2, 0.25) is 0 Å². The molecule has 0 unspecified atom stereocenters. The van der Waals surface area contributed by atoms with E-state index < -0.39 is 27.6 Å². The van der Waals surface area contributed by atoms with Gasteiger partial charge < -0.3 is 4.74 Å². The smallest absolute Gasteiger partial charge is 0.302 e. The second kappa shape index (κ2) is 4.73. The molecule has 0 atom stereocenters. The highest BCUT2D eigenvalue weighted by Gasteiger charge is 2.15. The predicted molar refractivity (Wildman–Crippen MR) is 51.5 cm³/mol. The summed E-state index contributed by atoms with van der Waals surface area (Å²) >= 11 is 0. The predicted octanol–water partition coefficient (Wildman–Crippen LogP) is 1.82. The molecule has 3 nitrogen and oxygen atoms in total. The lowest BCUT2D eigenvalue weighted by atomic mass is 10.1. The quantitative estimate of drug-likeness (QED) is 0.770. The Hall–Kier alpha value is -1.24. The number of benzene rings is 1. The van der Waals surface area contributed by atoms with Crippen molar-refractivity contribution in [3.05, 3.63) is 29.3 Å². The highest BCUT2D eigenvalue weighted by Crippen LogP contribution is 2.24.